The zero-order valence-electron chi connectivity index (χ0n) is 15.1. The minimum Gasteiger partial charge on any atom is -0.493 e. The zero-order valence-corrected chi connectivity index (χ0v) is 15.1. The summed E-state index contributed by atoms with van der Waals surface area (Å²) in [6.45, 7) is 4.00. The third-order valence-corrected chi connectivity index (χ3v) is 4.01. The molecule has 1 aromatic heterocycles. The molecule has 138 valence electrons. The van der Waals surface area contributed by atoms with Crippen molar-refractivity contribution in [3.8, 4) is 11.5 Å². The predicted octanol–water partition coefficient (Wildman–Crippen LogP) is 2.02. The number of benzene rings is 1. The molecule has 0 unspecified atom stereocenters. The zero-order chi connectivity index (χ0) is 18.5. The van der Waals surface area contributed by atoms with Crippen molar-refractivity contribution in [2.24, 2.45) is 0 Å². The van der Waals surface area contributed by atoms with Crippen molar-refractivity contribution in [1.82, 2.24) is 14.9 Å². The summed E-state index contributed by atoms with van der Waals surface area (Å²) < 4.78 is 15.8. The van der Waals surface area contributed by atoms with Crippen molar-refractivity contribution in [2.75, 3.05) is 45.8 Å². The van der Waals surface area contributed by atoms with Gasteiger partial charge in [0, 0.05) is 30.9 Å². The van der Waals surface area contributed by atoms with E-state index < -0.39 is 0 Å². The first-order valence-electron chi connectivity index (χ1n) is 8.32. The number of morpholine rings is 1. The molecule has 8 nitrogen and oxygen atoms in total. The van der Waals surface area contributed by atoms with Crippen molar-refractivity contribution in [3.05, 3.63) is 35.8 Å². The largest absolute Gasteiger partial charge is 0.493 e. The third kappa shape index (κ3) is 4.02. The quantitative estimate of drug-likeness (QED) is 0.875. The molecule has 0 radical (unpaired) electrons. The van der Waals surface area contributed by atoms with Gasteiger partial charge < -0.3 is 24.4 Å². The van der Waals surface area contributed by atoms with Gasteiger partial charge in [-0.05, 0) is 19.1 Å². The van der Waals surface area contributed by atoms with E-state index in [1.165, 1.54) is 0 Å². The highest BCUT2D eigenvalue weighted by molar-refractivity contribution is 5.93. The number of nitrogens with one attached hydrogen (secondary N) is 1. The molecule has 2 heterocycles. The fraction of sp³-hybridized carbons (Fsp3) is 0.389. The summed E-state index contributed by atoms with van der Waals surface area (Å²) in [6, 6.07) is 7.11. The maximum Gasteiger partial charge on any atom is 0.272 e. The van der Waals surface area contributed by atoms with Gasteiger partial charge in [-0.1, -0.05) is 0 Å². The predicted molar refractivity (Wildman–Crippen MR) is 96.3 cm³/mol. The Balaban J connectivity index is 1.82. The number of methoxy groups -OCH3 is 2. The van der Waals surface area contributed by atoms with E-state index in [1.807, 2.05) is 6.07 Å². The summed E-state index contributed by atoms with van der Waals surface area (Å²) in [6.07, 6.45) is 0. The number of hydrogen-bond acceptors (Lipinski definition) is 7. The average Bonchev–Trinajstić information content (AvgIpc) is 2.67. The lowest BCUT2D eigenvalue weighted by atomic mass is 10.2. The van der Waals surface area contributed by atoms with Gasteiger partial charge in [-0.3, -0.25) is 4.79 Å². The van der Waals surface area contributed by atoms with E-state index in [0.29, 0.717) is 55.1 Å². The first kappa shape index (κ1) is 17.9. The van der Waals surface area contributed by atoms with E-state index in [0.717, 1.165) is 5.69 Å². The fourth-order valence-electron chi connectivity index (χ4n) is 2.73. The number of anilines is 2. The topological polar surface area (TPSA) is 85.8 Å². The van der Waals surface area contributed by atoms with Crippen LogP contribution in [0.5, 0.6) is 11.5 Å². The second-order valence-electron chi connectivity index (χ2n) is 5.78. The van der Waals surface area contributed by atoms with Gasteiger partial charge in [0.2, 0.25) is 0 Å². The number of ether oxygens (including phenoxy) is 3. The molecule has 1 aromatic carbocycles. The number of amides is 1. The van der Waals surface area contributed by atoms with Crippen LogP contribution in [-0.4, -0.2) is 61.3 Å². The molecular formula is C18H22N4O4. The monoisotopic (exact) mass is 358 g/mol. The molecule has 1 N–H and O–H groups in total. The third-order valence-electron chi connectivity index (χ3n) is 4.01. The van der Waals surface area contributed by atoms with Gasteiger partial charge in [0.05, 0.1) is 27.4 Å². The van der Waals surface area contributed by atoms with Crippen molar-refractivity contribution in [3.63, 3.8) is 0 Å². The van der Waals surface area contributed by atoms with Gasteiger partial charge in [0.25, 0.3) is 5.91 Å². The van der Waals surface area contributed by atoms with Crippen LogP contribution in [0.1, 0.15) is 16.3 Å². The molecular weight excluding hydrogens is 336 g/mol. The Morgan fingerprint density at radius 1 is 1.12 bits per heavy atom. The number of rotatable bonds is 5. The van der Waals surface area contributed by atoms with Crippen LogP contribution in [0.3, 0.4) is 0 Å². The van der Waals surface area contributed by atoms with Crippen LogP contribution < -0.4 is 14.8 Å². The molecule has 0 saturated carbocycles. The SMILES string of the molecule is COc1ccc(Nc2cc(C(=O)N3CCOCC3)nc(C)n2)cc1OC. The lowest BCUT2D eigenvalue weighted by molar-refractivity contribution is 0.0299. The van der Waals surface area contributed by atoms with Gasteiger partial charge in [0.1, 0.15) is 17.3 Å². The van der Waals surface area contributed by atoms with Gasteiger partial charge in [-0.25, -0.2) is 9.97 Å². The number of hydrogen-bond donors (Lipinski definition) is 1. The number of aryl methyl sites for hydroxylation is 1. The van der Waals surface area contributed by atoms with Crippen LogP contribution in [0.25, 0.3) is 0 Å². The highest BCUT2D eigenvalue weighted by Crippen LogP contribution is 2.30. The van der Waals surface area contributed by atoms with Crippen LogP contribution in [0, 0.1) is 6.92 Å². The smallest absolute Gasteiger partial charge is 0.272 e. The summed E-state index contributed by atoms with van der Waals surface area (Å²) in [5.41, 5.74) is 1.13. The molecule has 1 fully saturated rings. The van der Waals surface area contributed by atoms with Crippen LogP contribution >= 0.6 is 0 Å². The Morgan fingerprint density at radius 2 is 1.85 bits per heavy atom. The molecule has 1 aliphatic rings. The molecule has 0 bridgehead atoms. The molecule has 1 aliphatic heterocycles. The van der Waals surface area contributed by atoms with E-state index >= 15 is 0 Å². The summed E-state index contributed by atoms with van der Waals surface area (Å²) in [5, 5.41) is 3.19. The lowest BCUT2D eigenvalue weighted by Crippen LogP contribution is -2.41. The Hall–Kier alpha value is -2.87. The molecule has 0 aliphatic carbocycles. The molecule has 3 rings (SSSR count). The van der Waals surface area contributed by atoms with Gasteiger partial charge in [-0.15, -0.1) is 0 Å². The highest BCUT2D eigenvalue weighted by atomic mass is 16.5. The van der Waals surface area contributed by atoms with Crippen molar-refractivity contribution in [2.45, 2.75) is 6.92 Å². The number of carbonyl (C=O) groups excluding carboxylic acids is 1. The van der Waals surface area contributed by atoms with Crippen LogP contribution in [0.2, 0.25) is 0 Å². The molecule has 0 atom stereocenters. The maximum atomic E-state index is 12.7. The number of carbonyl (C=O) groups is 1. The summed E-state index contributed by atoms with van der Waals surface area (Å²) >= 11 is 0. The first-order valence-corrected chi connectivity index (χ1v) is 8.32. The summed E-state index contributed by atoms with van der Waals surface area (Å²) in [7, 11) is 3.16. The molecule has 2 aromatic rings. The summed E-state index contributed by atoms with van der Waals surface area (Å²) in [4.78, 5) is 23.0. The standard InChI is InChI=1S/C18H22N4O4/c1-12-19-14(18(23)22-6-8-26-9-7-22)11-17(20-12)21-13-4-5-15(24-2)16(10-13)25-3/h4-5,10-11H,6-9H2,1-3H3,(H,19,20,21). The number of nitrogens with zero attached hydrogens (tertiary/aromatic N) is 3. The van der Waals surface area contributed by atoms with Gasteiger partial charge >= 0.3 is 0 Å². The molecule has 1 saturated heterocycles. The normalized spacial score (nSPS) is 14.0. The van der Waals surface area contributed by atoms with Crippen molar-refractivity contribution >= 4 is 17.4 Å². The Morgan fingerprint density at radius 3 is 2.54 bits per heavy atom. The van der Waals surface area contributed by atoms with E-state index in [4.69, 9.17) is 14.2 Å². The van der Waals surface area contributed by atoms with Crippen LogP contribution in [0.15, 0.2) is 24.3 Å². The van der Waals surface area contributed by atoms with E-state index in [9.17, 15) is 4.79 Å². The van der Waals surface area contributed by atoms with Crippen LogP contribution in [-0.2, 0) is 4.74 Å². The average molecular weight is 358 g/mol. The second-order valence-corrected chi connectivity index (χ2v) is 5.78. The van der Waals surface area contributed by atoms with Gasteiger partial charge in [0.15, 0.2) is 11.5 Å². The Kier molecular flexibility index (Phi) is 5.52. The highest BCUT2D eigenvalue weighted by Gasteiger charge is 2.20. The molecule has 26 heavy (non-hydrogen) atoms. The lowest BCUT2D eigenvalue weighted by Gasteiger charge is -2.26. The first-order chi connectivity index (χ1) is 12.6. The van der Waals surface area contributed by atoms with Gasteiger partial charge in [-0.2, -0.15) is 0 Å². The molecule has 8 heteroatoms. The van der Waals surface area contributed by atoms with E-state index in [1.54, 1.807) is 44.2 Å². The fourth-order valence-corrected chi connectivity index (χ4v) is 2.73. The molecule has 0 spiro atoms. The Labute approximate surface area is 152 Å². The minimum absolute atomic E-state index is 0.117. The Bertz CT molecular complexity index is 791. The summed E-state index contributed by atoms with van der Waals surface area (Å²) in [5.74, 6) is 2.19. The number of aromatic nitrogens is 2. The van der Waals surface area contributed by atoms with Crippen LogP contribution in [0.4, 0.5) is 11.5 Å². The van der Waals surface area contributed by atoms with Crippen molar-refractivity contribution < 1.29 is 19.0 Å². The van der Waals surface area contributed by atoms with E-state index in [-0.39, 0.29) is 5.91 Å². The van der Waals surface area contributed by atoms with E-state index in [2.05, 4.69) is 15.3 Å². The minimum atomic E-state index is -0.117. The molecule has 1 amide bonds. The van der Waals surface area contributed by atoms with Crippen molar-refractivity contribution in [1.29, 1.82) is 0 Å². The maximum absolute atomic E-state index is 12.7. The second kappa shape index (κ2) is 8.01.